The lowest BCUT2D eigenvalue weighted by Crippen LogP contribution is -2.57. The highest BCUT2D eigenvalue weighted by atomic mass is 16.7. The van der Waals surface area contributed by atoms with Crippen molar-refractivity contribution in [3.8, 4) is 0 Å². The highest BCUT2D eigenvalue weighted by Crippen LogP contribution is 2.31. The Morgan fingerprint density at radius 2 is 1.89 bits per heavy atom. The molecule has 27 heavy (non-hydrogen) atoms. The van der Waals surface area contributed by atoms with E-state index in [2.05, 4.69) is 6.58 Å². The third kappa shape index (κ3) is 5.55. The standard InChI is InChI=1S/C20H26O7/c1-5-11-24-20(22)27-18-14(3)26-17(19(21)23-4)13(2)16(18)25-12-15-9-7-6-8-10-15/h5-10,13-14,16-18H,1,11-12H2,2-4H3/t13-,14+,16+,17?,18?/m1/s1. The number of esters is 1. The average molecular weight is 378 g/mol. The summed E-state index contributed by atoms with van der Waals surface area (Å²) >= 11 is 0. The number of hydrogen-bond donors (Lipinski definition) is 0. The second kappa shape index (κ2) is 10.1. The molecule has 1 saturated heterocycles. The fourth-order valence-corrected chi connectivity index (χ4v) is 3.01. The van der Waals surface area contributed by atoms with Gasteiger partial charge in [0.2, 0.25) is 0 Å². The molecule has 5 atom stereocenters. The van der Waals surface area contributed by atoms with Crippen molar-refractivity contribution in [3.63, 3.8) is 0 Å². The van der Waals surface area contributed by atoms with E-state index in [1.54, 1.807) is 13.8 Å². The first-order chi connectivity index (χ1) is 13.0. The summed E-state index contributed by atoms with van der Waals surface area (Å²) in [7, 11) is 1.30. The van der Waals surface area contributed by atoms with Crippen molar-refractivity contribution >= 4 is 12.1 Å². The molecule has 1 fully saturated rings. The largest absolute Gasteiger partial charge is 0.509 e. The van der Waals surface area contributed by atoms with Crippen LogP contribution in [0.5, 0.6) is 0 Å². The fourth-order valence-electron chi connectivity index (χ4n) is 3.01. The van der Waals surface area contributed by atoms with E-state index in [0.717, 1.165) is 5.56 Å². The van der Waals surface area contributed by atoms with E-state index in [4.69, 9.17) is 23.7 Å². The van der Waals surface area contributed by atoms with Gasteiger partial charge in [-0.05, 0) is 12.5 Å². The normalized spacial score (nSPS) is 27.4. The Labute approximate surface area is 159 Å². The van der Waals surface area contributed by atoms with Gasteiger partial charge in [-0.3, -0.25) is 0 Å². The van der Waals surface area contributed by atoms with Crippen LogP contribution in [0.4, 0.5) is 4.79 Å². The minimum Gasteiger partial charge on any atom is -0.467 e. The Balaban J connectivity index is 2.15. The van der Waals surface area contributed by atoms with Gasteiger partial charge < -0.3 is 23.7 Å². The third-order valence-corrected chi connectivity index (χ3v) is 4.41. The lowest BCUT2D eigenvalue weighted by molar-refractivity contribution is -0.221. The topological polar surface area (TPSA) is 80.3 Å². The van der Waals surface area contributed by atoms with Crippen LogP contribution in [0.3, 0.4) is 0 Å². The van der Waals surface area contributed by atoms with Crippen LogP contribution in [0.25, 0.3) is 0 Å². The minimum atomic E-state index is -0.840. The van der Waals surface area contributed by atoms with Crippen molar-refractivity contribution in [2.75, 3.05) is 13.7 Å². The predicted molar refractivity (Wildman–Crippen MR) is 97.0 cm³/mol. The SMILES string of the molecule is C=CCOC(=O)OC1[C@H](C)OC(C(=O)OC)[C@H](C)[C@@H]1OCc1ccccc1. The fraction of sp³-hybridized carbons (Fsp3) is 0.500. The second-order valence-corrected chi connectivity index (χ2v) is 6.34. The van der Waals surface area contributed by atoms with Gasteiger partial charge in [-0.25, -0.2) is 9.59 Å². The highest BCUT2D eigenvalue weighted by Gasteiger charge is 2.48. The number of hydrogen-bond acceptors (Lipinski definition) is 7. The van der Waals surface area contributed by atoms with E-state index in [9.17, 15) is 9.59 Å². The van der Waals surface area contributed by atoms with Crippen LogP contribution in [-0.2, 0) is 35.1 Å². The first-order valence-corrected chi connectivity index (χ1v) is 8.81. The van der Waals surface area contributed by atoms with Crippen LogP contribution >= 0.6 is 0 Å². The maximum Gasteiger partial charge on any atom is 0.509 e. The van der Waals surface area contributed by atoms with E-state index in [-0.39, 0.29) is 6.61 Å². The molecule has 1 aromatic carbocycles. The van der Waals surface area contributed by atoms with E-state index in [0.29, 0.717) is 6.61 Å². The molecule has 7 heteroatoms. The van der Waals surface area contributed by atoms with Crippen molar-refractivity contribution in [2.24, 2.45) is 5.92 Å². The summed E-state index contributed by atoms with van der Waals surface area (Å²) in [6.07, 6.45) is -2.10. The maximum atomic E-state index is 12.1. The zero-order valence-corrected chi connectivity index (χ0v) is 15.8. The zero-order chi connectivity index (χ0) is 19.8. The van der Waals surface area contributed by atoms with E-state index in [1.807, 2.05) is 30.3 Å². The molecule has 1 aromatic rings. The Hall–Kier alpha value is -2.38. The molecule has 0 N–H and O–H groups in total. The van der Waals surface area contributed by atoms with E-state index < -0.39 is 42.5 Å². The average Bonchev–Trinajstić information content (AvgIpc) is 2.68. The molecular formula is C20H26O7. The first kappa shape index (κ1) is 20.9. The smallest absolute Gasteiger partial charge is 0.467 e. The molecule has 1 aliphatic heterocycles. The van der Waals surface area contributed by atoms with Crippen molar-refractivity contribution in [3.05, 3.63) is 48.6 Å². The van der Waals surface area contributed by atoms with Gasteiger partial charge in [0.15, 0.2) is 12.2 Å². The molecule has 0 amide bonds. The molecule has 0 aromatic heterocycles. The zero-order valence-electron chi connectivity index (χ0n) is 15.8. The molecule has 1 aliphatic rings. The van der Waals surface area contributed by atoms with Crippen LogP contribution in [0.1, 0.15) is 19.4 Å². The predicted octanol–water partition coefficient (Wildman–Crippen LogP) is 2.88. The number of carbonyl (C=O) groups is 2. The highest BCUT2D eigenvalue weighted by molar-refractivity contribution is 5.75. The van der Waals surface area contributed by atoms with Gasteiger partial charge in [0.05, 0.1) is 19.8 Å². The summed E-state index contributed by atoms with van der Waals surface area (Å²) in [6, 6.07) is 9.59. The Kier molecular flexibility index (Phi) is 7.82. The van der Waals surface area contributed by atoms with Crippen LogP contribution in [0.2, 0.25) is 0 Å². The summed E-state index contributed by atoms with van der Waals surface area (Å²) in [5.41, 5.74) is 0.964. The minimum absolute atomic E-state index is 0.0384. The number of rotatable bonds is 7. The molecule has 2 unspecified atom stereocenters. The Bertz CT molecular complexity index is 630. The lowest BCUT2D eigenvalue weighted by atomic mass is 9.88. The summed E-state index contributed by atoms with van der Waals surface area (Å²) in [5, 5.41) is 0. The van der Waals surface area contributed by atoms with Gasteiger partial charge in [0.25, 0.3) is 0 Å². The number of ether oxygens (including phenoxy) is 5. The van der Waals surface area contributed by atoms with Gasteiger partial charge in [-0.1, -0.05) is 49.9 Å². The van der Waals surface area contributed by atoms with Crippen LogP contribution < -0.4 is 0 Å². The number of benzene rings is 1. The van der Waals surface area contributed by atoms with E-state index >= 15 is 0 Å². The molecule has 1 heterocycles. The second-order valence-electron chi connectivity index (χ2n) is 6.34. The molecule has 148 valence electrons. The van der Waals surface area contributed by atoms with Gasteiger partial charge in [-0.2, -0.15) is 0 Å². The Morgan fingerprint density at radius 3 is 2.52 bits per heavy atom. The maximum absolute atomic E-state index is 12.1. The van der Waals surface area contributed by atoms with Gasteiger partial charge in [0, 0.05) is 5.92 Å². The van der Waals surface area contributed by atoms with Crippen LogP contribution in [-0.4, -0.2) is 50.3 Å². The van der Waals surface area contributed by atoms with Crippen LogP contribution in [0, 0.1) is 5.92 Å². The van der Waals surface area contributed by atoms with Gasteiger partial charge in [-0.15, -0.1) is 0 Å². The van der Waals surface area contributed by atoms with Gasteiger partial charge in [0.1, 0.15) is 12.7 Å². The van der Waals surface area contributed by atoms with Crippen molar-refractivity contribution in [1.82, 2.24) is 0 Å². The molecule has 0 saturated carbocycles. The molecule has 0 bridgehead atoms. The first-order valence-electron chi connectivity index (χ1n) is 8.81. The summed E-state index contributed by atoms with van der Waals surface area (Å²) in [6.45, 7) is 7.35. The molecule has 2 rings (SSSR count). The van der Waals surface area contributed by atoms with Gasteiger partial charge >= 0.3 is 12.1 Å². The van der Waals surface area contributed by atoms with Crippen LogP contribution in [0.15, 0.2) is 43.0 Å². The molecule has 0 spiro atoms. The lowest BCUT2D eigenvalue weighted by Gasteiger charge is -2.42. The summed E-state index contributed by atoms with van der Waals surface area (Å²) in [4.78, 5) is 24.0. The van der Waals surface area contributed by atoms with Crippen molar-refractivity contribution < 1.29 is 33.3 Å². The monoisotopic (exact) mass is 378 g/mol. The third-order valence-electron chi connectivity index (χ3n) is 4.41. The van der Waals surface area contributed by atoms with E-state index in [1.165, 1.54) is 13.2 Å². The molecule has 7 nitrogen and oxygen atoms in total. The summed E-state index contributed by atoms with van der Waals surface area (Å²) in [5.74, 6) is -0.884. The molecule has 0 aliphatic carbocycles. The molecular weight excluding hydrogens is 352 g/mol. The number of carbonyl (C=O) groups excluding carboxylic acids is 2. The summed E-state index contributed by atoms with van der Waals surface area (Å²) < 4.78 is 27.0. The molecule has 0 radical (unpaired) electrons. The quantitative estimate of drug-likeness (QED) is 0.533. The van der Waals surface area contributed by atoms with Crippen molar-refractivity contribution in [2.45, 2.75) is 44.9 Å². The van der Waals surface area contributed by atoms with Crippen molar-refractivity contribution in [1.29, 1.82) is 0 Å². The Morgan fingerprint density at radius 1 is 1.19 bits per heavy atom. The number of methoxy groups -OCH3 is 1.